The summed E-state index contributed by atoms with van der Waals surface area (Å²) >= 11 is 0. The van der Waals surface area contributed by atoms with Gasteiger partial charge in [-0.15, -0.1) is 0 Å². The number of halogens is 4. The third-order valence-electron chi connectivity index (χ3n) is 2.46. The Morgan fingerprint density at radius 3 is 1.89 bits per heavy atom. The van der Waals surface area contributed by atoms with Crippen molar-refractivity contribution in [2.45, 2.75) is 0 Å². The van der Waals surface area contributed by atoms with E-state index in [9.17, 15) is 17.6 Å². The lowest BCUT2D eigenvalue weighted by Gasteiger charge is -2.10. The second kappa shape index (κ2) is 4.60. The highest BCUT2D eigenvalue weighted by molar-refractivity contribution is 5.78. The Morgan fingerprint density at radius 1 is 0.778 bits per heavy atom. The number of aliphatic imine (C=N–C) groups is 1. The zero-order chi connectivity index (χ0) is 13.3. The summed E-state index contributed by atoms with van der Waals surface area (Å²) in [7, 11) is 0. The first-order valence-corrected chi connectivity index (χ1v) is 4.96. The number of nitrogens with zero attached hydrogens (tertiary/aromatic N) is 1. The monoisotopic (exact) mass is 253 g/mol. The van der Waals surface area contributed by atoms with E-state index in [1.807, 2.05) is 0 Å². The lowest BCUT2D eigenvalue weighted by atomic mass is 10.0. The maximum Gasteiger partial charge on any atom is 0.199 e. The normalized spacial score (nSPS) is 10.4. The minimum atomic E-state index is -1.89. The van der Waals surface area contributed by atoms with Crippen LogP contribution < -0.4 is 0 Å². The molecule has 0 unspecified atom stereocenters. The Hall–Kier alpha value is -2.17. The Morgan fingerprint density at radius 2 is 1.33 bits per heavy atom. The Bertz CT molecular complexity index is 608. The molecule has 2 aromatic carbocycles. The molecule has 0 aromatic heterocycles. The van der Waals surface area contributed by atoms with Crippen LogP contribution in [0.25, 0.3) is 11.1 Å². The molecule has 0 atom stereocenters. The van der Waals surface area contributed by atoms with E-state index in [0.717, 1.165) is 0 Å². The van der Waals surface area contributed by atoms with Crippen LogP contribution in [0.5, 0.6) is 0 Å². The van der Waals surface area contributed by atoms with Crippen molar-refractivity contribution in [3.05, 3.63) is 53.6 Å². The van der Waals surface area contributed by atoms with E-state index in [1.54, 1.807) is 18.2 Å². The highest BCUT2D eigenvalue weighted by atomic mass is 19.2. The van der Waals surface area contributed by atoms with E-state index < -0.39 is 34.5 Å². The molecule has 0 saturated heterocycles. The van der Waals surface area contributed by atoms with E-state index in [1.165, 1.54) is 12.1 Å². The molecule has 0 heterocycles. The molecule has 92 valence electrons. The van der Waals surface area contributed by atoms with Crippen molar-refractivity contribution in [3.8, 4) is 11.1 Å². The summed E-state index contributed by atoms with van der Waals surface area (Å²) < 4.78 is 53.4. The van der Waals surface area contributed by atoms with E-state index >= 15 is 0 Å². The van der Waals surface area contributed by atoms with E-state index in [4.69, 9.17) is 0 Å². The van der Waals surface area contributed by atoms with Crippen molar-refractivity contribution >= 4 is 12.4 Å². The van der Waals surface area contributed by atoms with Gasteiger partial charge in [0.1, 0.15) is 5.69 Å². The van der Waals surface area contributed by atoms with Gasteiger partial charge in [-0.2, -0.15) is 0 Å². The van der Waals surface area contributed by atoms with Gasteiger partial charge in [0, 0.05) is 5.56 Å². The second-order valence-electron chi connectivity index (χ2n) is 3.50. The van der Waals surface area contributed by atoms with Gasteiger partial charge in [0.15, 0.2) is 23.3 Å². The molecule has 0 N–H and O–H groups in total. The van der Waals surface area contributed by atoms with Crippen LogP contribution in [0.15, 0.2) is 35.3 Å². The predicted octanol–water partition coefficient (Wildman–Crippen LogP) is 4.24. The first kappa shape index (κ1) is 12.3. The Balaban J connectivity index is 2.86. The lowest BCUT2D eigenvalue weighted by Crippen LogP contribution is -2.00. The van der Waals surface area contributed by atoms with Gasteiger partial charge in [-0.05, 0) is 12.3 Å². The number of hydrogen-bond donors (Lipinski definition) is 0. The van der Waals surface area contributed by atoms with Crippen LogP contribution in [0.4, 0.5) is 23.2 Å². The van der Waals surface area contributed by atoms with Crippen molar-refractivity contribution in [1.29, 1.82) is 0 Å². The molecule has 0 amide bonds. The van der Waals surface area contributed by atoms with Crippen LogP contribution in [0.1, 0.15) is 0 Å². The maximum absolute atomic E-state index is 13.7. The van der Waals surface area contributed by atoms with Crippen LogP contribution in [-0.4, -0.2) is 6.72 Å². The van der Waals surface area contributed by atoms with Gasteiger partial charge in [0.05, 0.1) is 0 Å². The highest BCUT2D eigenvalue weighted by Gasteiger charge is 2.25. The van der Waals surface area contributed by atoms with Gasteiger partial charge >= 0.3 is 0 Å². The molecule has 0 saturated carbocycles. The quantitative estimate of drug-likeness (QED) is 0.328. The summed E-state index contributed by atoms with van der Waals surface area (Å²) in [4.78, 5) is 3.24. The fraction of sp³-hybridized carbons (Fsp3) is 0. The van der Waals surface area contributed by atoms with Crippen LogP contribution in [0.2, 0.25) is 0 Å². The fourth-order valence-electron chi connectivity index (χ4n) is 1.64. The molecule has 0 fully saturated rings. The Kier molecular flexibility index (Phi) is 3.14. The molecule has 0 aliphatic carbocycles. The van der Waals surface area contributed by atoms with Crippen LogP contribution in [-0.2, 0) is 0 Å². The van der Waals surface area contributed by atoms with E-state index in [2.05, 4.69) is 11.7 Å². The molecule has 2 rings (SSSR count). The maximum atomic E-state index is 13.7. The summed E-state index contributed by atoms with van der Waals surface area (Å²) in [6.45, 7) is 3.04. The van der Waals surface area contributed by atoms with Gasteiger partial charge < -0.3 is 0 Å². The predicted molar refractivity (Wildman–Crippen MR) is 60.9 cm³/mol. The van der Waals surface area contributed by atoms with Crippen molar-refractivity contribution in [3.63, 3.8) is 0 Å². The third-order valence-corrected chi connectivity index (χ3v) is 2.46. The smallest absolute Gasteiger partial charge is 0.199 e. The summed E-state index contributed by atoms with van der Waals surface area (Å²) in [5.74, 6) is -6.79. The first-order chi connectivity index (χ1) is 8.57. The average Bonchev–Trinajstić information content (AvgIpc) is 2.41. The molecule has 0 radical (unpaired) electrons. The number of hydrogen-bond acceptors (Lipinski definition) is 1. The van der Waals surface area contributed by atoms with Gasteiger partial charge in [0.2, 0.25) is 0 Å². The average molecular weight is 253 g/mol. The molecule has 0 aliphatic heterocycles. The Labute approximate surface area is 100 Å². The molecular weight excluding hydrogens is 246 g/mol. The second-order valence-corrected chi connectivity index (χ2v) is 3.50. The molecule has 0 aliphatic rings. The summed E-state index contributed by atoms with van der Waals surface area (Å²) in [6.07, 6.45) is 0. The van der Waals surface area contributed by atoms with Crippen molar-refractivity contribution in [2.24, 2.45) is 4.99 Å². The van der Waals surface area contributed by atoms with Gasteiger partial charge in [-0.3, -0.25) is 4.99 Å². The molecule has 1 nitrogen and oxygen atoms in total. The van der Waals surface area contributed by atoms with Crippen LogP contribution >= 0.6 is 0 Å². The molecular formula is C13H7F4N. The molecule has 18 heavy (non-hydrogen) atoms. The highest BCUT2D eigenvalue weighted by Crippen LogP contribution is 2.37. The standard InChI is InChI=1S/C13H7F4N/c1-18-13-8(7-5-3-2-4-6-7)9(14)10(15)11(16)12(13)17/h2-6H,1H2. The topological polar surface area (TPSA) is 12.4 Å². The van der Waals surface area contributed by atoms with E-state index in [0.29, 0.717) is 0 Å². The zero-order valence-electron chi connectivity index (χ0n) is 9.05. The van der Waals surface area contributed by atoms with Gasteiger partial charge in [0.25, 0.3) is 0 Å². The SMILES string of the molecule is C=Nc1c(F)c(F)c(F)c(F)c1-c1ccccc1. The minimum absolute atomic E-state index is 0.190. The van der Waals surface area contributed by atoms with Crippen LogP contribution in [0.3, 0.4) is 0 Å². The number of rotatable bonds is 2. The van der Waals surface area contributed by atoms with Gasteiger partial charge in [-0.25, -0.2) is 17.6 Å². The third kappa shape index (κ3) is 1.77. The molecule has 5 heteroatoms. The van der Waals surface area contributed by atoms with Gasteiger partial charge in [-0.1, -0.05) is 30.3 Å². The van der Waals surface area contributed by atoms with Crippen LogP contribution in [0, 0.1) is 23.3 Å². The first-order valence-electron chi connectivity index (χ1n) is 4.96. The summed E-state index contributed by atoms with van der Waals surface area (Å²) in [5, 5.41) is 0. The summed E-state index contributed by atoms with van der Waals surface area (Å²) in [6, 6.07) is 7.63. The minimum Gasteiger partial charge on any atom is -0.261 e. The number of benzene rings is 2. The van der Waals surface area contributed by atoms with E-state index in [-0.39, 0.29) is 5.56 Å². The molecule has 0 bridgehead atoms. The molecule has 2 aromatic rings. The van der Waals surface area contributed by atoms with Crippen molar-refractivity contribution < 1.29 is 17.6 Å². The fourth-order valence-corrected chi connectivity index (χ4v) is 1.64. The zero-order valence-corrected chi connectivity index (χ0v) is 9.05. The largest absolute Gasteiger partial charge is 0.261 e. The summed E-state index contributed by atoms with van der Waals surface area (Å²) in [5.41, 5.74) is -0.894. The lowest BCUT2D eigenvalue weighted by molar-refractivity contribution is 0.412. The molecule has 0 spiro atoms. The van der Waals surface area contributed by atoms with Crippen molar-refractivity contribution in [1.82, 2.24) is 0 Å². The van der Waals surface area contributed by atoms with Crippen molar-refractivity contribution in [2.75, 3.05) is 0 Å².